The smallest absolute Gasteiger partial charge is 0.334 e. The van der Waals surface area contributed by atoms with E-state index in [9.17, 15) is 4.79 Å². The highest BCUT2D eigenvalue weighted by atomic mass is 16.9. The van der Waals surface area contributed by atoms with E-state index < -0.39 is 11.9 Å². The van der Waals surface area contributed by atoms with Crippen molar-refractivity contribution in [2.45, 2.75) is 26.2 Å². The fraction of sp³-hybridized carbons (Fsp3) is 0.667. The van der Waals surface area contributed by atoms with Gasteiger partial charge in [0.1, 0.15) is 0 Å². The maximum atomic E-state index is 11.1. The topological polar surface area (TPSA) is 44.8 Å². The Bertz CT molecular complexity index is 174. The van der Waals surface area contributed by atoms with Crippen molar-refractivity contribution in [3.05, 3.63) is 12.2 Å². The number of esters is 1. The van der Waals surface area contributed by atoms with Gasteiger partial charge < -0.3 is 14.2 Å². The maximum Gasteiger partial charge on any atom is 0.334 e. The first-order valence-electron chi connectivity index (χ1n) is 4.10. The normalized spacial score (nSPS) is 12.0. The summed E-state index contributed by atoms with van der Waals surface area (Å²) in [5, 5.41) is 0. The summed E-state index contributed by atoms with van der Waals surface area (Å²) >= 11 is 0. The lowest BCUT2D eigenvalue weighted by Crippen LogP contribution is -2.38. The first-order valence-corrected chi connectivity index (χ1v) is 4.10. The van der Waals surface area contributed by atoms with Gasteiger partial charge in [0.25, 0.3) is 0 Å². The van der Waals surface area contributed by atoms with E-state index in [1.807, 2.05) is 0 Å². The van der Waals surface area contributed by atoms with Crippen LogP contribution in [0.3, 0.4) is 0 Å². The molecule has 76 valence electrons. The van der Waals surface area contributed by atoms with Crippen molar-refractivity contribution in [3.8, 4) is 0 Å². The van der Waals surface area contributed by atoms with Crippen LogP contribution >= 0.6 is 0 Å². The van der Waals surface area contributed by atoms with Crippen LogP contribution in [-0.4, -0.2) is 26.2 Å². The Hall–Kier alpha value is -0.870. The van der Waals surface area contributed by atoms with Crippen molar-refractivity contribution < 1.29 is 19.0 Å². The van der Waals surface area contributed by atoms with E-state index in [2.05, 4.69) is 0 Å². The van der Waals surface area contributed by atoms with Crippen molar-refractivity contribution in [2.24, 2.45) is 0 Å². The number of rotatable bonds is 5. The fourth-order valence-electron chi connectivity index (χ4n) is 0.851. The standard InChI is InChI=1S/C9H16O4/c1-5-7-8(10)13-9(6-2,11-3)12-4/h5,7H,6H2,1-4H3. The average Bonchev–Trinajstić information content (AvgIpc) is 2.15. The lowest BCUT2D eigenvalue weighted by Gasteiger charge is -2.27. The molecule has 0 spiro atoms. The van der Waals surface area contributed by atoms with E-state index in [-0.39, 0.29) is 0 Å². The predicted octanol–water partition coefficient (Wildman–Crippen LogP) is 1.46. The average molecular weight is 188 g/mol. The Morgan fingerprint density at radius 2 is 1.92 bits per heavy atom. The molecule has 0 bridgehead atoms. The molecule has 4 nitrogen and oxygen atoms in total. The molecule has 0 fully saturated rings. The van der Waals surface area contributed by atoms with Crippen LogP contribution in [0.2, 0.25) is 0 Å². The highest BCUT2D eigenvalue weighted by Gasteiger charge is 2.31. The van der Waals surface area contributed by atoms with E-state index in [0.29, 0.717) is 6.42 Å². The number of carbonyl (C=O) groups is 1. The molecule has 0 saturated heterocycles. The molecule has 0 saturated carbocycles. The molecule has 0 N–H and O–H groups in total. The molecule has 0 aliphatic rings. The van der Waals surface area contributed by atoms with E-state index >= 15 is 0 Å². The van der Waals surface area contributed by atoms with Crippen LogP contribution in [0.15, 0.2) is 12.2 Å². The quantitative estimate of drug-likeness (QED) is 0.372. The summed E-state index contributed by atoms with van der Waals surface area (Å²) in [6.07, 6.45) is 3.33. The number of hydrogen-bond acceptors (Lipinski definition) is 4. The lowest BCUT2D eigenvalue weighted by atomic mass is 10.4. The predicted molar refractivity (Wildman–Crippen MR) is 47.9 cm³/mol. The molecule has 0 radical (unpaired) electrons. The Labute approximate surface area is 78.5 Å². The summed E-state index contributed by atoms with van der Waals surface area (Å²) < 4.78 is 14.9. The van der Waals surface area contributed by atoms with Crippen molar-refractivity contribution in [1.29, 1.82) is 0 Å². The Morgan fingerprint density at radius 3 is 2.23 bits per heavy atom. The van der Waals surface area contributed by atoms with E-state index in [4.69, 9.17) is 14.2 Å². The molecule has 0 amide bonds. The number of methoxy groups -OCH3 is 2. The van der Waals surface area contributed by atoms with Crippen molar-refractivity contribution >= 4 is 5.97 Å². The number of allylic oxidation sites excluding steroid dienone is 1. The zero-order valence-corrected chi connectivity index (χ0v) is 8.49. The van der Waals surface area contributed by atoms with Crippen LogP contribution in [0.1, 0.15) is 20.3 Å². The summed E-state index contributed by atoms with van der Waals surface area (Å²) in [5.41, 5.74) is 0. The Balaban J connectivity index is 4.32. The van der Waals surface area contributed by atoms with Gasteiger partial charge in [0, 0.05) is 26.7 Å². The van der Waals surface area contributed by atoms with E-state index in [0.717, 1.165) is 0 Å². The van der Waals surface area contributed by atoms with E-state index in [1.54, 1.807) is 19.9 Å². The molecule has 0 aliphatic carbocycles. The highest BCUT2D eigenvalue weighted by Crippen LogP contribution is 2.17. The van der Waals surface area contributed by atoms with Crippen molar-refractivity contribution in [2.75, 3.05) is 14.2 Å². The first-order chi connectivity index (χ1) is 6.14. The highest BCUT2D eigenvalue weighted by molar-refractivity contribution is 5.82. The monoisotopic (exact) mass is 188 g/mol. The molecule has 0 aromatic carbocycles. The van der Waals surface area contributed by atoms with Gasteiger partial charge in [-0.1, -0.05) is 13.0 Å². The SMILES string of the molecule is CC=CC(=O)OC(CC)(OC)OC. The molecular weight excluding hydrogens is 172 g/mol. The molecule has 0 aliphatic heterocycles. The van der Waals surface area contributed by atoms with Crippen LogP contribution in [-0.2, 0) is 19.0 Å². The van der Waals surface area contributed by atoms with Crippen LogP contribution in [0.4, 0.5) is 0 Å². The van der Waals surface area contributed by atoms with Gasteiger partial charge in [-0.2, -0.15) is 0 Å². The molecule has 0 atom stereocenters. The summed E-state index contributed by atoms with van der Waals surface area (Å²) in [4.78, 5) is 11.1. The van der Waals surface area contributed by atoms with Gasteiger partial charge in [0.15, 0.2) is 0 Å². The van der Waals surface area contributed by atoms with Gasteiger partial charge in [-0.05, 0) is 6.92 Å². The minimum absolute atomic E-state index is 0.434. The van der Waals surface area contributed by atoms with Crippen LogP contribution in [0, 0.1) is 0 Å². The molecular formula is C9H16O4. The van der Waals surface area contributed by atoms with Crippen molar-refractivity contribution in [1.82, 2.24) is 0 Å². The summed E-state index contributed by atoms with van der Waals surface area (Å²) in [5.74, 6) is -1.73. The van der Waals surface area contributed by atoms with Gasteiger partial charge in [-0.3, -0.25) is 0 Å². The van der Waals surface area contributed by atoms with Gasteiger partial charge in [-0.15, -0.1) is 0 Å². The minimum atomic E-state index is -1.25. The first kappa shape index (κ1) is 12.1. The van der Waals surface area contributed by atoms with E-state index in [1.165, 1.54) is 20.3 Å². The fourth-order valence-corrected chi connectivity index (χ4v) is 0.851. The molecule has 0 unspecified atom stereocenters. The van der Waals surface area contributed by atoms with Gasteiger partial charge in [-0.25, -0.2) is 4.79 Å². The largest absolute Gasteiger partial charge is 0.405 e. The van der Waals surface area contributed by atoms with Gasteiger partial charge in [0.05, 0.1) is 0 Å². The summed E-state index contributed by atoms with van der Waals surface area (Å²) in [6, 6.07) is 0. The second kappa shape index (κ2) is 5.72. The van der Waals surface area contributed by atoms with Crippen molar-refractivity contribution in [3.63, 3.8) is 0 Å². The number of hydrogen-bond donors (Lipinski definition) is 0. The zero-order valence-electron chi connectivity index (χ0n) is 8.49. The summed E-state index contributed by atoms with van der Waals surface area (Å²) in [6.45, 7) is 3.53. The third kappa shape index (κ3) is 3.57. The maximum absolute atomic E-state index is 11.1. The number of carbonyl (C=O) groups excluding carboxylic acids is 1. The third-order valence-corrected chi connectivity index (χ3v) is 1.61. The zero-order chi connectivity index (χ0) is 10.3. The molecule has 0 aromatic rings. The molecule has 0 heterocycles. The van der Waals surface area contributed by atoms with Crippen LogP contribution in [0.5, 0.6) is 0 Å². The molecule has 0 rings (SSSR count). The molecule has 13 heavy (non-hydrogen) atoms. The summed E-state index contributed by atoms with van der Waals surface area (Å²) in [7, 11) is 2.85. The third-order valence-electron chi connectivity index (χ3n) is 1.61. The van der Waals surface area contributed by atoms with Crippen LogP contribution in [0.25, 0.3) is 0 Å². The second-order valence-corrected chi connectivity index (χ2v) is 2.37. The number of ether oxygens (including phenoxy) is 3. The molecule has 4 heteroatoms. The minimum Gasteiger partial charge on any atom is -0.405 e. The lowest BCUT2D eigenvalue weighted by molar-refractivity contribution is -0.343. The van der Waals surface area contributed by atoms with Gasteiger partial charge >= 0.3 is 11.9 Å². The molecule has 0 aromatic heterocycles. The Morgan fingerprint density at radius 1 is 1.38 bits per heavy atom. The Kier molecular flexibility index (Phi) is 5.34. The van der Waals surface area contributed by atoms with Gasteiger partial charge in [0.2, 0.25) is 0 Å². The second-order valence-electron chi connectivity index (χ2n) is 2.37. The van der Waals surface area contributed by atoms with Crippen LogP contribution < -0.4 is 0 Å².